The Hall–Kier alpha value is -3.19. The predicted octanol–water partition coefficient (Wildman–Crippen LogP) is 4.91. The number of hydrogen-bond acceptors (Lipinski definition) is 4. The van der Waals surface area contributed by atoms with E-state index in [1.54, 1.807) is 6.92 Å². The fourth-order valence-electron chi connectivity index (χ4n) is 3.43. The van der Waals surface area contributed by atoms with Gasteiger partial charge in [-0.3, -0.25) is 10.1 Å². The highest BCUT2D eigenvalue weighted by molar-refractivity contribution is 6.06. The molecule has 0 spiro atoms. The molecule has 4 aromatic rings. The first-order valence-electron chi connectivity index (χ1n) is 9.61. The first-order valence-corrected chi connectivity index (χ1v) is 9.61. The Bertz CT molecular complexity index is 1180. The molecular formula is C22H22FN3O3. The maximum atomic E-state index is 13.6. The number of anilines is 1. The number of imidazole rings is 1. The molecule has 0 radical (unpaired) electrons. The van der Waals surface area contributed by atoms with E-state index in [9.17, 15) is 9.18 Å². The Balaban J connectivity index is 1.65. The molecule has 150 valence electrons. The van der Waals surface area contributed by atoms with Gasteiger partial charge >= 0.3 is 0 Å². The first-order chi connectivity index (χ1) is 14.1. The van der Waals surface area contributed by atoms with Crippen LogP contribution >= 0.6 is 0 Å². The van der Waals surface area contributed by atoms with Gasteiger partial charge < -0.3 is 13.7 Å². The lowest BCUT2D eigenvalue weighted by Gasteiger charge is -2.10. The molecule has 1 amide bonds. The normalized spacial score (nSPS) is 11.4. The average Bonchev–Trinajstić information content (AvgIpc) is 3.23. The second-order valence-corrected chi connectivity index (χ2v) is 6.78. The van der Waals surface area contributed by atoms with Crippen LogP contribution in [0.5, 0.6) is 0 Å². The molecule has 29 heavy (non-hydrogen) atoms. The van der Waals surface area contributed by atoms with E-state index in [1.165, 1.54) is 18.2 Å². The number of carbonyl (C=O) groups excluding carboxylic acids is 1. The molecule has 0 aliphatic rings. The summed E-state index contributed by atoms with van der Waals surface area (Å²) in [6.45, 7) is 5.65. The van der Waals surface area contributed by atoms with Crippen LogP contribution in [-0.4, -0.2) is 28.7 Å². The van der Waals surface area contributed by atoms with Gasteiger partial charge in [-0.1, -0.05) is 12.1 Å². The molecule has 0 aliphatic carbocycles. The van der Waals surface area contributed by atoms with Gasteiger partial charge in [0.1, 0.15) is 11.4 Å². The van der Waals surface area contributed by atoms with Crippen molar-refractivity contribution in [3.8, 4) is 0 Å². The van der Waals surface area contributed by atoms with E-state index in [4.69, 9.17) is 9.15 Å². The summed E-state index contributed by atoms with van der Waals surface area (Å²) in [6.07, 6.45) is 0.792. The summed E-state index contributed by atoms with van der Waals surface area (Å²) in [5, 5.41) is 3.44. The minimum absolute atomic E-state index is 0.151. The van der Waals surface area contributed by atoms with Gasteiger partial charge in [0, 0.05) is 30.7 Å². The standard InChI is InChI=1S/C22H22FN3O3/c1-3-28-12-6-11-26-18-8-5-4-7-17(18)24-22(26)25-21(27)20-14(2)16-13-15(23)9-10-19(16)29-20/h4-5,7-10,13H,3,6,11-12H2,1-2H3,(H,24,25,27). The fourth-order valence-corrected chi connectivity index (χ4v) is 3.43. The van der Waals surface area contributed by atoms with Gasteiger partial charge in [-0.25, -0.2) is 9.37 Å². The van der Waals surface area contributed by atoms with E-state index >= 15 is 0 Å². The number of fused-ring (bicyclic) bond motifs is 2. The van der Waals surface area contributed by atoms with E-state index in [1.807, 2.05) is 35.8 Å². The van der Waals surface area contributed by atoms with Crippen LogP contribution in [-0.2, 0) is 11.3 Å². The second-order valence-electron chi connectivity index (χ2n) is 6.78. The summed E-state index contributed by atoms with van der Waals surface area (Å²) in [5.74, 6) is -0.192. The van der Waals surface area contributed by atoms with Crippen LogP contribution in [0.15, 0.2) is 46.9 Å². The van der Waals surface area contributed by atoms with Gasteiger partial charge in [0.25, 0.3) is 5.91 Å². The SMILES string of the molecule is CCOCCCn1c(NC(=O)c2oc3ccc(F)cc3c2C)nc2ccccc21. The quantitative estimate of drug-likeness (QED) is 0.452. The van der Waals surface area contributed by atoms with Crippen molar-refractivity contribution in [2.45, 2.75) is 26.8 Å². The molecule has 2 aromatic carbocycles. The summed E-state index contributed by atoms with van der Waals surface area (Å²) in [7, 11) is 0. The highest BCUT2D eigenvalue weighted by Gasteiger charge is 2.21. The van der Waals surface area contributed by atoms with Gasteiger partial charge in [-0.15, -0.1) is 0 Å². The van der Waals surface area contributed by atoms with Crippen molar-refractivity contribution in [3.63, 3.8) is 0 Å². The Morgan fingerprint density at radius 2 is 2.10 bits per heavy atom. The second kappa shape index (κ2) is 8.05. The van der Waals surface area contributed by atoms with E-state index in [2.05, 4.69) is 10.3 Å². The molecule has 0 unspecified atom stereocenters. The number of hydrogen-bond donors (Lipinski definition) is 1. The zero-order valence-corrected chi connectivity index (χ0v) is 16.4. The maximum absolute atomic E-state index is 13.6. The lowest BCUT2D eigenvalue weighted by atomic mass is 10.1. The number of benzene rings is 2. The van der Waals surface area contributed by atoms with Crippen molar-refractivity contribution >= 4 is 33.9 Å². The van der Waals surface area contributed by atoms with Crippen molar-refractivity contribution in [1.82, 2.24) is 9.55 Å². The smallest absolute Gasteiger partial charge is 0.294 e. The van der Waals surface area contributed by atoms with Crippen LogP contribution in [0.2, 0.25) is 0 Å². The zero-order chi connectivity index (χ0) is 20.4. The third-order valence-corrected chi connectivity index (χ3v) is 4.86. The predicted molar refractivity (Wildman–Crippen MR) is 110 cm³/mol. The van der Waals surface area contributed by atoms with Crippen LogP contribution in [0.3, 0.4) is 0 Å². The molecular weight excluding hydrogens is 373 g/mol. The van der Waals surface area contributed by atoms with E-state index in [-0.39, 0.29) is 11.6 Å². The number of nitrogens with zero attached hydrogens (tertiary/aromatic N) is 2. The maximum Gasteiger partial charge on any atom is 0.294 e. The summed E-state index contributed by atoms with van der Waals surface area (Å²) in [4.78, 5) is 17.5. The zero-order valence-electron chi connectivity index (χ0n) is 16.4. The highest BCUT2D eigenvalue weighted by Crippen LogP contribution is 2.27. The Kier molecular flexibility index (Phi) is 5.31. The van der Waals surface area contributed by atoms with Crippen LogP contribution in [0.1, 0.15) is 29.5 Å². The summed E-state index contributed by atoms with van der Waals surface area (Å²) < 4.78 is 26.6. The Morgan fingerprint density at radius 3 is 2.93 bits per heavy atom. The molecule has 1 N–H and O–H groups in total. The monoisotopic (exact) mass is 395 g/mol. The molecule has 0 bridgehead atoms. The van der Waals surface area contributed by atoms with Crippen LogP contribution in [0.25, 0.3) is 22.0 Å². The molecule has 2 aromatic heterocycles. The summed E-state index contributed by atoms with van der Waals surface area (Å²) >= 11 is 0. The lowest BCUT2D eigenvalue weighted by Crippen LogP contribution is -2.16. The number of halogens is 1. The minimum atomic E-state index is -0.416. The molecule has 0 atom stereocenters. The molecule has 0 fully saturated rings. The molecule has 7 heteroatoms. The molecule has 2 heterocycles. The van der Waals surface area contributed by atoms with E-state index in [0.717, 1.165) is 17.5 Å². The van der Waals surface area contributed by atoms with Gasteiger partial charge in [0.15, 0.2) is 5.76 Å². The Labute approximate surface area is 167 Å². The van der Waals surface area contributed by atoms with E-state index in [0.29, 0.717) is 42.2 Å². The number of furan rings is 1. The number of nitrogens with one attached hydrogen (secondary N) is 1. The van der Waals surface area contributed by atoms with Crippen molar-refractivity contribution in [3.05, 3.63) is 59.6 Å². The molecule has 6 nitrogen and oxygen atoms in total. The molecule has 0 saturated carbocycles. The van der Waals surface area contributed by atoms with E-state index < -0.39 is 5.91 Å². The van der Waals surface area contributed by atoms with Crippen molar-refractivity contribution < 1.29 is 18.3 Å². The topological polar surface area (TPSA) is 69.3 Å². The Morgan fingerprint density at radius 1 is 1.28 bits per heavy atom. The first kappa shape index (κ1) is 19.1. The molecule has 0 saturated heterocycles. The fraction of sp³-hybridized carbons (Fsp3) is 0.273. The van der Waals surface area contributed by atoms with Crippen molar-refractivity contribution in [1.29, 1.82) is 0 Å². The molecule has 0 aliphatic heterocycles. The van der Waals surface area contributed by atoms with Crippen LogP contribution in [0, 0.1) is 12.7 Å². The van der Waals surface area contributed by atoms with Gasteiger partial charge in [-0.05, 0) is 50.6 Å². The van der Waals surface area contributed by atoms with Crippen LogP contribution in [0.4, 0.5) is 10.3 Å². The van der Waals surface area contributed by atoms with Gasteiger partial charge in [-0.2, -0.15) is 0 Å². The number of ether oxygens (including phenoxy) is 1. The van der Waals surface area contributed by atoms with Gasteiger partial charge in [0.2, 0.25) is 5.95 Å². The number of rotatable bonds is 7. The molecule has 4 rings (SSSR count). The summed E-state index contributed by atoms with van der Waals surface area (Å²) in [5.41, 5.74) is 2.79. The third kappa shape index (κ3) is 3.73. The number of para-hydroxylation sites is 2. The number of carbonyl (C=O) groups is 1. The minimum Gasteiger partial charge on any atom is -0.451 e. The lowest BCUT2D eigenvalue weighted by molar-refractivity contribution is 0.0996. The van der Waals surface area contributed by atoms with Crippen molar-refractivity contribution in [2.24, 2.45) is 0 Å². The average molecular weight is 395 g/mol. The highest BCUT2D eigenvalue weighted by atomic mass is 19.1. The van der Waals surface area contributed by atoms with Gasteiger partial charge in [0.05, 0.1) is 11.0 Å². The number of aryl methyl sites for hydroxylation is 2. The van der Waals surface area contributed by atoms with Crippen LogP contribution < -0.4 is 5.32 Å². The summed E-state index contributed by atoms with van der Waals surface area (Å²) in [6, 6.07) is 11.9. The number of amides is 1. The van der Waals surface area contributed by atoms with Crippen molar-refractivity contribution in [2.75, 3.05) is 18.5 Å². The number of aromatic nitrogens is 2. The largest absolute Gasteiger partial charge is 0.451 e. The third-order valence-electron chi connectivity index (χ3n) is 4.86.